The van der Waals surface area contributed by atoms with Crippen molar-refractivity contribution in [2.24, 2.45) is 5.73 Å². The minimum atomic E-state index is -1.04. The molecule has 5 nitrogen and oxygen atoms in total. The van der Waals surface area contributed by atoms with E-state index in [0.717, 1.165) is 23.2 Å². The summed E-state index contributed by atoms with van der Waals surface area (Å²) in [5.74, 6) is -1.04. The number of hydrogen-bond donors (Lipinski definition) is 3. The Morgan fingerprint density at radius 3 is 2.84 bits per heavy atom. The number of carbonyl (C=O) groups is 1. The maximum absolute atomic E-state index is 10.8. The largest absolute Gasteiger partial charge is 0.480 e. The second-order valence-electron chi connectivity index (χ2n) is 4.75. The number of rotatable bonds is 5. The monoisotopic (exact) mass is 301 g/mol. The SMILES string of the molecule is CSC1CCC(Nc2nc(C(N)C(=O)O)cs2)CC1. The lowest BCUT2D eigenvalue weighted by Crippen LogP contribution is -2.27. The van der Waals surface area contributed by atoms with Crippen LogP contribution in [-0.2, 0) is 4.79 Å². The van der Waals surface area contributed by atoms with Gasteiger partial charge in [-0.15, -0.1) is 11.3 Å². The van der Waals surface area contributed by atoms with E-state index in [1.54, 1.807) is 5.38 Å². The number of carboxylic acid groups (broad SMARTS) is 1. The molecule has 1 aromatic rings. The molecule has 1 heterocycles. The fourth-order valence-corrected chi connectivity index (χ4v) is 3.81. The summed E-state index contributed by atoms with van der Waals surface area (Å²) in [5.41, 5.74) is 5.96. The first-order chi connectivity index (χ1) is 9.10. The third-order valence-corrected chi connectivity index (χ3v) is 5.37. The number of carboxylic acids is 1. The zero-order valence-electron chi connectivity index (χ0n) is 10.8. The van der Waals surface area contributed by atoms with Crippen LogP contribution in [0.3, 0.4) is 0 Å². The van der Waals surface area contributed by atoms with E-state index in [9.17, 15) is 4.79 Å². The lowest BCUT2D eigenvalue weighted by Gasteiger charge is -2.27. The first kappa shape index (κ1) is 14.6. The van der Waals surface area contributed by atoms with Crippen molar-refractivity contribution in [2.45, 2.75) is 43.0 Å². The minimum Gasteiger partial charge on any atom is -0.480 e. The van der Waals surface area contributed by atoms with Crippen LogP contribution in [-0.4, -0.2) is 33.6 Å². The van der Waals surface area contributed by atoms with Crippen LogP contribution in [0, 0.1) is 0 Å². The molecule has 1 saturated carbocycles. The Morgan fingerprint density at radius 2 is 2.26 bits per heavy atom. The molecule has 1 aliphatic carbocycles. The van der Waals surface area contributed by atoms with Crippen LogP contribution in [0.5, 0.6) is 0 Å². The molecular weight excluding hydrogens is 282 g/mol. The Kier molecular flexibility index (Phi) is 5.06. The van der Waals surface area contributed by atoms with Gasteiger partial charge in [-0.2, -0.15) is 11.8 Å². The van der Waals surface area contributed by atoms with Crippen LogP contribution in [0.4, 0.5) is 5.13 Å². The number of thioether (sulfide) groups is 1. The molecule has 0 aromatic carbocycles. The lowest BCUT2D eigenvalue weighted by atomic mass is 9.95. The van der Waals surface area contributed by atoms with Gasteiger partial charge in [0.05, 0.1) is 5.69 Å². The molecule has 0 radical (unpaired) electrons. The molecule has 0 amide bonds. The number of aromatic nitrogens is 1. The predicted octanol–water partition coefficient (Wildman–Crippen LogP) is 2.31. The number of hydrogen-bond acceptors (Lipinski definition) is 6. The summed E-state index contributed by atoms with van der Waals surface area (Å²) in [7, 11) is 0. The van der Waals surface area contributed by atoms with Gasteiger partial charge in [0.1, 0.15) is 6.04 Å². The van der Waals surface area contributed by atoms with Gasteiger partial charge in [-0.1, -0.05) is 0 Å². The standard InChI is InChI=1S/C12H19N3O2S2/c1-18-8-4-2-7(3-5-8)14-12-15-9(6-19-12)10(13)11(16)17/h6-8,10H,2-5,13H2,1H3,(H,14,15)(H,16,17). The highest BCUT2D eigenvalue weighted by Crippen LogP contribution is 2.29. The zero-order valence-corrected chi connectivity index (χ0v) is 12.5. The van der Waals surface area contributed by atoms with E-state index in [0.29, 0.717) is 11.7 Å². The van der Waals surface area contributed by atoms with E-state index in [1.807, 2.05) is 11.8 Å². The molecule has 1 aromatic heterocycles. The highest BCUT2D eigenvalue weighted by molar-refractivity contribution is 7.99. The van der Waals surface area contributed by atoms with E-state index >= 15 is 0 Å². The maximum atomic E-state index is 10.8. The predicted molar refractivity (Wildman–Crippen MR) is 79.9 cm³/mol. The molecule has 1 fully saturated rings. The van der Waals surface area contributed by atoms with Crippen molar-refractivity contribution in [3.63, 3.8) is 0 Å². The molecule has 4 N–H and O–H groups in total. The second kappa shape index (κ2) is 6.58. The van der Waals surface area contributed by atoms with Crippen molar-refractivity contribution in [3.05, 3.63) is 11.1 Å². The quantitative estimate of drug-likeness (QED) is 0.773. The summed E-state index contributed by atoms with van der Waals surface area (Å²) in [6, 6.07) is -0.581. The summed E-state index contributed by atoms with van der Waals surface area (Å²) < 4.78 is 0. The molecule has 0 bridgehead atoms. The summed E-state index contributed by atoms with van der Waals surface area (Å²) in [6.45, 7) is 0. The van der Waals surface area contributed by atoms with Gasteiger partial charge in [-0.25, -0.2) is 4.98 Å². The van der Waals surface area contributed by atoms with Crippen LogP contribution in [0.2, 0.25) is 0 Å². The van der Waals surface area contributed by atoms with Gasteiger partial charge in [0.2, 0.25) is 0 Å². The van der Waals surface area contributed by atoms with E-state index in [4.69, 9.17) is 10.8 Å². The van der Waals surface area contributed by atoms with E-state index < -0.39 is 12.0 Å². The summed E-state index contributed by atoms with van der Waals surface area (Å²) in [5, 5.41) is 15.5. The summed E-state index contributed by atoms with van der Waals surface area (Å²) in [6.07, 6.45) is 6.91. The number of nitrogens with two attached hydrogens (primary N) is 1. The average Bonchev–Trinajstić information content (AvgIpc) is 2.87. The summed E-state index contributed by atoms with van der Waals surface area (Å²) in [4.78, 5) is 15.0. The lowest BCUT2D eigenvalue weighted by molar-refractivity contribution is -0.138. The Bertz CT molecular complexity index is 430. The normalized spacial score (nSPS) is 24.9. The molecule has 2 rings (SSSR count). The Hall–Kier alpha value is -0.790. The molecule has 0 spiro atoms. The highest BCUT2D eigenvalue weighted by Gasteiger charge is 2.22. The highest BCUT2D eigenvalue weighted by atomic mass is 32.2. The second-order valence-corrected chi connectivity index (χ2v) is 6.74. The van der Waals surface area contributed by atoms with E-state index in [1.165, 1.54) is 24.2 Å². The summed E-state index contributed by atoms with van der Waals surface area (Å²) >= 11 is 3.37. The molecule has 7 heteroatoms. The molecule has 19 heavy (non-hydrogen) atoms. The fourth-order valence-electron chi connectivity index (χ4n) is 2.24. The van der Waals surface area contributed by atoms with Crippen LogP contribution in [0.25, 0.3) is 0 Å². The van der Waals surface area contributed by atoms with Crippen molar-refractivity contribution >= 4 is 34.2 Å². The van der Waals surface area contributed by atoms with Crippen molar-refractivity contribution in [3.8, 4) is 0 Å². The number of nitrogens with one attached hydrogen (secondary N) is 1. The smallest absolute Gasteiger partial charge is 0.326 e. The van der Waals surface area contributed by atoms with Gasteiger partial charge < -0.3 is 16.2 Å². The van der Waals surface area contributed by atoms with Crippen molar-refractivity contribution in [1.82, 2.24) is 4.98 Å². The minimum absolute atomic E-state index is 0.429. The Labute approximate surface area is 121 Å². The molecule has 0 saturated heterocycles. The van der Waals surface area contributed by atoms with Gasteiger partial charge in [-0.3, -0.25) is 4.79 Å². The first-order valence-corrected chi connectivity index (χ1v) is 8.50. The van der Waals surface area contributed by atoms with Crippen molar-refractivity contribution < 1.29 is 9.90 Å². The number of aliphatic carboxylic acids is 1. The average molecular weight is 301 g/mol. The van der Waals surface area contributed by atoms with Gasteiger partial charge in [0, 0.05) is 16.7 Å². The van der Waals surface area contributed by atoms with Crippen LogP contribution < -0.4 is 11.1 Å². The van der Waals surface area contributed by atoms with Gasteiger partial charge in [-0.05, 0) is 31.9 Å². The molecule has 106 valence electrons. The fraction of sp³-hybridized carbons (Fsp3) is 0.667. The first-order valence-electron chi connectivity index (χ1n) is 6.33. The van der Waals surface area contributed by atoms with Gasteiger partial charge >= 0.3 is 5.97 Å². The van der Waals surface area contributed by atoms with Gasteiger partial charge in [0.15, 0.2) is 5.13 Å². The number of thiazole rings is 1. The van der Waals surface area contributed by atoms with Crippen LogP contribution in [0.15, 0.2) is 5.38 Å². The molecule has 1 unspecified atom stereocenters. The molecule has 1 aliphatic rings. The Balaban J connectivity index is 1.88. The van der Waals surface area contributed by atoms with Crippen molar-refractivity contribution in [2.75, 3.05) is 11.6 Å². The molecule has 0 aliphatic heterocycles. The number of anilines is 1. The van der Waals surface area contributed by atoms with E-state index in [2.05, 4.69) is 16.6 Å². The van der Waals surface area contributed by atoms with Gasteiger partial charge in [0.25, 0.3) is 0 Å². The third kappa shape index (κ3) is 3.84. The Morgan fingerprint density at radius 1 is 1.58 bits per heavy atom. The third-order valence-electron chi connectivity index (χ3n) is 3.44. The number of nitrogens with zero attached hydrogens (tertiary/aromatic N) is 1. The topological polar surface area (TPSA) is 88.2 Å². The maximum Gasteiger partial charge on any atom is 0.326 e. The van der Waals surface area contributed by atoms with Crippen LogP contribution >= 0.6 is 23.1 Å². The molecule has 1 atom stereocenters. The van der Waals surface area contributed by atoms with E-state index in [-0.39, 0.29) is 0 Å². The molecular formula is C12H19N3O2S2. The zero-order chi connectivity index (χ0) is 13.8. The van der Waals surface area contributed by atoms with Crippen LogP contribution in [0.1, 0.15) is 37.4 Å². The van der Waals surface area contributed by atoms with Crippen molar-refractivity contribution in [1.29, 1.82) is 0 Å².